The molecule has 0 aromatic carbocycles. The third-order valence-electron chi connectivity index (χ3n) is 2.09. The lowest BCUT2D eigenvalue weighted by molar-refractivity contribution is -0.148. The van der Waals surface area contributed by atoms with Gasteiger partial charge in [-0.25, -0.2) is 4.79 Å². The maximum Gasteiger partial charge on any atom is 0.329 e. The van der Waals surface area contributed by atoms with Crippen LogP contribution in [0.2, 0.25) is 0 Å². The Bertz CT molecular complexity index is 157. The van der Waals surface area contributed by atoms with E-state index >= 15 is 0 Å². The zero-order valence-corrected chi connectivity index (χ0v) is 6.90. The van der Waals surface area contributed by atoms with Crippen LogP contribution in [0.3, 0.4) is 0 Å². The number of aliphatic carboxylic acids is 1. The Labute approximate surface area is 71.2 Å². The second-order valence-electron chi connectivity index (χ2n) is 3.09. The zero-order chi connectivity index (χ0) is 8.97. The topological polar surface area (TPSA) is 66.8 Å². The van der Waals surface area contributed by atoms with Gasteiger partial charge >= 0.3 is 5.97 Å². The number of hydrogen-bond donors (Lipinski definition) is 2. The fourth-order valence-corrected chi connectivity index (χ4v) is 1.45. The smallest absolute Gasteiger partial charge is 0.329 e. The fourth-order valence-electron chi connectivity index (χ4n) is 1.45. The van der Waals surface area contributed by atoms with Gasteiger partial charge < -0.3 is 14.9 Å². The fraction of sp³-hybridized carbons (Fsp3) is 0.875. The molecule has 12 heavy (non-hydrogen) atoms. The molecular weight excluding hydrogens is 160 g/mol. The van der Waals surface area contributed by atoms with Gasteiger partial charge in [0.2, 0.25) is 0 Å². The summed E-state index contributed by atoms with van der Waals surface area (Å²) in [4.78, 5) is 10.1. The molecule has 1 rings (SSSR count). The van der Waals surface area contributed by atoms with E-state index in [1.165, 1.54) is 0 Å². The predicted octanol–water partition coefficient (Wildman–Crippen LogP) is 0.391. The van der Waals surface area contributed by atoms with E-state index in [1.807, 2.05) is 0 Å². The standard InChI is InChI=1S/C8H14O4/c9-6-3-1-2-4-7(6)12-5-8(10)11/h6-7,9H,1-5H2,(H,10,11). The lowest BCUT2D eigenvalue weighted by atomic mass is 9.95. The quantitative estimate of drug-likeness (QED) is 0.649. The first-order chi connectivity index (χ1) is 5.70. The van der Waals surface area contributed by atoms with E-state index in [2.05, 4.69) is 0 Å². The number of carboxylic acid groups (broad SMARTS) is 1. The van der Waals surface area contributed by atoms with Crippen LogP contribution in [0.5, 0.6) is 0 Å². The molecule has 0 saturated heterocycles. The van der Waals surface area contributed by atoms with Crippen LogP contribution in [0.1, 0.15) is 25.7 Å². The summed E-state index contributed by atoms with van der Waals surface area (Å²) in [5.74, 6) is -0.979. The molecule has 1 aliphatic carbocycles. The largest absolute Gasteiger partial charge is 0.480 e. The van der Waals surface area contributed by atoms with Crippen LogP contribution in [0.25, 0.3) is 0 Å². The maximum absolute atomic E-state index is 10.1. The molecule has 0 bridgehead atoms. The number of carbonyl (C=O) groups is 1. The monoisotopic (exact) mass is 174 g/mol. The van der Waals surface area contributed by atoms with Crippen LogP contribution in [0, 0.1) is 0 Å². The highest BCUT2D eigenvalue weighted by atomic mass is 16.5. The van der Waals surface area contributed by atoms with Crippen molar-refractivity contribution in [3.05, 3.63) is 0 Å². The molecule has 0 aromatic rings. The van der Waals surface area contributed by atoms with Gasteiger partial charge in [-0.15, -0.1) is 0 Å². The molecule has 0 heterocycles. The molecule has 0 spiro atoms. The molecule has 0 aliphatic heterocycles. The van der Waals surface area contributed by atoms with Crippen molar-refractivity contribution in [3.8, 4) is 0 Å². The molecule has 2 atom stereocenters. The Balaban J connectivity index is 2.24. The second kappa shape index (κ2) is 4.42. The van der Waals surface area contributed by atoms with E-state index in [9.17, 15) is 9.90 Å². The molecule has 2 N–H and O–H groups in total. The van der Waals surface area contributed by atoms with E-state index < -0.39 is 12.1 Å². The minimum atomic E-state index is -0.979. The summed E-state index contributed by atoms with van der Waals surface area (Å²) in [5, 5.41) is 17.7. The van der Waals surface area contributed by atoms with Crippen molar-refractivity contribution in [3.63, 3.8) is 0 Å². The van der Waals surface area contributed by atoms with Crippen LogP contribution < -0.4 is 0 Å². The van der Waals surface area contributed by atoms with Crippen LogP contribution in [0.15, 0.2) is 0 Å². The predicted molar refractivity (Wildman–Crippen MR) is 41.9 cm³/mol. The molecule has 70 valence electrons. The van der Waals surface area contributed by atoms with Crippen molar-refractivity contribution in [1.82, 2.24) is 0 Å². The minimum Gasteiger partial charge on any atom is -0.480 e. The highest BCUT2D eigenvalue weighted by Gasteiger charge is 2.23. The normalized spacial score (nSPS) is 30.1. The molecule has 4 nitrogen and oxygen atoms in total. The van der Waals surface area contributed by atoms with Crippen molar-refractivity contribution < 1.29 is 19.7 Å². The molecule has 0 radical (unpaired) electrons. The molecule has 1 saturated carbocycles. The number of rotatable bonds is 3. The molecule has 0 aromatic heterocycles. The number of aliphatic hydroxyl groups excluding tert-OH is 1. The summed E-state index contributed by atoms with van der Waals surface area (Å²) in [6.07, 6.45) is 2.78. The summed E-state index contributed by atoms with van der Waals surface area (Å²) < 4.78 is 5.01. The molecular formula is C8H14O4. The third-order valence-corrected chi connectivity index (χ3v) is 2.09. The first-order valence-corrected chi connectivity index (χ1v) is 4.21. The van der Waals surface area contributed by atoms with Crippen molar-refractivity contribution in [2.75, 3.05) is 6.61 Å². The summed E-state index contributed by atoms with van der Waals surface area (Å²) in [6.45, 7) is -0.304. The summed E-state index contributed by atoms with van der Waals surface area (Å²) in [6, 6.07) is 0. The minimum absolute atomic E-state index is 0.269. The summed E-state index contributed by atoms with van der Waals surface area (Å²) >= 11 is 0. The van der Waals surface area contributed by atoms with Crippen molar-refractivity contribution >= 4 is 5.97 Å². The van der Waals surface area contributed by atoms with Gasteiger partial charge in [0.05, 0.1) is 12.2 Å². The highest BCUT2D eigenvalue weighted by Crippen LogP contribution is 2.20. The average molecular weight is 174 g/mol. The lowest BCUT2D eigenvalue weighted by Crippen LogP contribution is -2.33. The maximum atomic E-state index is 10.1. The SMILES string of the molecule is O=C(O)COC1CCCCC1O. The Morgan fingerprint density at radius 3 is 2.67 bits per heavy atom. The van der Waals surface area contributed by atoms with E-state index in [4.69, 9.17) is 9.84 Å². The molecule has 1 aliphatic rings. The number of carboxylic acids is 1. The first kappa shape index (κ1) is 9.48. The van der Waals surface area contributed by atoms with Crippen molar-refractivity contribution in [1.29, 1.82) is 0 Å². The van der Waals surface area contributed by atoms with Gasteiger partial charge in [0, 0.05) is 0 Å². The van der Waals surface area contributed by atoms with E-state index in [0.717, 1.165) is 25.7 Å². The van der Waals surface area contributed by atoms with Crippen molar-refractivity contribution in [2.45, 2.75) is 37.9 Å². The van der Waals surface area contributed by atoms with E-state index in [0.29, 0.717) is 0 Å². The summed E-state index contributed by atoms with van der Waals surface area (Å²) in [7, 11) is 0. The molecule has 4 heteroatoms. The van der Waals surface area contributed by atoms with Gasteiger partial charge in [0.1, 0.15) is 6.61 Å². The van der Waals surface area contributed by atoms with Crippen LogP contribution in [-0.4, -0.2) is 35.0 Å². The van der Waals surface area contributed by atoms with Crippen LogP contribution in [-0.2, 0) is 9.53 Å². The Kier molecular flexibility index (Phi) is 3.49. The Hall–Kier alpha value is -0.610. The number of ether oxygens (including phenoxy) is 1. The van der Waals surface area contributed by atoms with Crippen LogP contribution in [0.4, 0.5) is 0 Å². The second-order valence-corrected chi connectivity index (χ2v) is 3.09. The third kappa shape index (κ3) is 2.79. The lowest BCUT2D eigenvalue weighted by Gasteiger charge is -2.26. The molecule has 2 unspecified atom stereocenters. The van der Waals surface area contributed by atoms with Gasteiger partial charge in [-0.05, 0) is 12.8 Å². The zero-order valence-electron chi connectivity index (χ0n) is 6.90. The van der Waals surface area contributed by atoms with E-state index in [-0.39, 0.29) is 12.7 Å². The average Bonchev–Trinajstić information content (AvgIpc) is 2.03. The van der Waals surface area contributed by atoms with Gasteiger partial charge in [0.15, 0.2) is 0 Å². The van der Waals surface area contributed by atoms with Gasteiger partial charge in [-0.3, -0.25) is 0 Å². The van der Waals surface area contributed by atoms with Gasteiger partial charge in [0.25, 0.3) is 0 Å². The summed E-state index contributed by atoms with van der Waals surface area (Å²) in [5.41, 5.74) is 0. The highest BCUT2D eigenvalue weighted by molar-refractivity contribution is 5.68. The van der Waals surface area contributed by atoms with Gasteiger partial charge in [-0.1, -0.05) is 12.8 Å². The first-order valence-electron chi connectivity index (χ1n) is 4.21. The van der Waals surface area contributed by atoms with Crippen LogP contribution >= 0.6 is 0 Å². The molecule has 0 amide bonds. The molecule has 1 fully saturated rings. The number of aliphatic hydroxyl groups is 1. The van der Waals surface area contributed by atoms with Gasteiger partial charge in [-0.2, -0.15) is 0 Å². The number of hydrogen-bond acceptors (Lipinski definition) is 3. The Morgan fingerprint density at radius 1 is 1.42 bits per heavy atom. The Morgan fingerprint density at radius 2 is 2.08 bits per heavy atom. The van der Waals surface area contributed by atoms with Crippen molar-refractivity contribution in [2.24, 2.45) is 0 Å². The van der Waals surface area contributed by atoms with E-state index in [1.54, 1.807) is 0 Å².